The molecule has 0 bridgehead atoms. The Labute approximate surface area is 104 Å². The zero-order valence-electron chi connectivity index (χ0n) is 9.98. The van der Waals surface area contributed by atoms with Crippen molar-refractivity contribution in [2.75, 3.05) is 13.7 Å². The van der Waals surface area contributed by atoms with Crippen LogP contribution < -0.4 is 5.32 Å². The Balaban J connectivity index is 2.35. The molecule has 0 aliphatic rings. The lowest BCUT2D eigenvalue weighted by Crippen LogP contribution is -2.24. The average Bonchev–Trinajstić information content (AvgIpc) is 2.38. The van der Waals surface area contributed by atoms with E-state index in [4.69, 9.17) is 0 Å². The van der Waals surface area contributed by atoms with Crippen molar-refractivity contribution in [3.8, 4) is 0 Å². The van der Waals surface area contributed by atoms with Crippen molar-refractivity contribution in [1.29, 1.82) is 0 Å². The van der Waals surface area contributed by atoms with Crippen LogP contribution in [0.2, 0.25) is 0 Å². The smallest absolute Gasteiger partial charge is 0.307 e. The van der Waals surface area contributed by atoms with Gasteiger partial charge in [0.25, 0.3) is 0 Å². The number of halogens is 1. The minimum absolute atomic E-state index is 0.132. The van der Waals surface area contributed by atoms with Gasteiger partial charge in [0.15, 0.2) is 0 Å². The Morgan fingerprint density at radius 2 is 2.00 bits per heavy atom. The van der Waals surface area contributed by atoms with Gasteiger partial charge in [-0.25, -0.2) is 4.39 Å². The molecule has 0 unspecified atom stereocenters. The van der Waals surface area contributed by atoms with Gasteiger partial charge in [-0.05, 0) is 23.8 Å². The van der Waals surface area contributed by atoms with E-state index < -0.39 is 0 Å². The van der Waals surface area contributed by atoms with E-state index in [9.17, 15) is 14.0 Å². The fourth-order valence-corrected chi connectivity index (χ4v) is 1.19. The molecular formula is C13H14FNO3. The van der Waals surface area contributed by atoms with Crippen molar-refractivity contribution < 1.29 is 18.7 Å². The van der Waals surface area contributed by atoms with E-state index in [0.717, 1.165) is 5.56 Å². The molecule has 0 spiro atoms. The van der Waals surface area contributed by atoms with Crippen LogP contribution in [0.15, 0.2) is 30.3 Å². The predicted octanol–water partition coefficient (Wildman–Crippen LogP) is 1.52. The standard InChI is InChI=1S/C13H14FNO3/c1-18-13(17)8-9-15-12(16)7-4-10-2-5-11(14)6-3-10/h2-7H,8-9H2,1H3,(H,15,16). The molecule has 4 nitrogen and oxygen atoms in total. The molecule has 0 aliphatic carbocycles. The highest BCUT2D eigenvalue weighted by Gasteiger charge is 2.00. The topological polar surface area (TPSA) is 55.4 Å². The SMILES string of the molecule is COC(=O)CCNC(=O)C=Cc1ccc(F)cc1. The number of rotatable bonds is 5. The van der Waals surface area contributed by atoms with Crippen molar-refractivity contribution in [2.24, 2.45) is 0 Å². The summed E-state index contributed by atoms with van der Waals surface area (Å²) in [6.07, 6.45) is 3.02. The van der Waals surface area contributed by atoms with Crippen LogP contribution in [0.3, 0.4) is 0 Å². The third kappa shape index (κ3) is 5.25. The Bertz CT molecular complexity index is 440. The van der Waals surface area contributed by atoms with Gasteiger partial charge in [-0.1, -0.05) is 12.1 Å². The molecule has 0 fully saturated rings. The fraction of sp³-hybridized carbons (Fsp3) is 0.231. The summed E-state index contributed by atoms with van der Waals surface area (Å²) in [6, 6.07) is 5.75. The highest BCUT2D eigenvalue weighted by molar-refractivity contribution is 5.91. The van der Waals surface area contributed by atoms with Crippen molar-refractivity contribution in [2.45, 2.75) is 6.42 Å². The summed E-state index contributed by atoms with van der Waals surface area (Å²) in [6.45, 7) is 0.221. The summed E-state index contributed by atoms with van der Waals surface area (Å²) in [7, 11) is 1.29. The number of hydrogen-bond acceptors (Lipinski definition) is 3. The lowest BCUT2D eigenvalue weighted by Gasteiger charge is -2.00. The third-order valence-corrected chi connectivity index (χ3v) is 2.15. The lowest BCUT2D eigenvalue weighted by atomic mass is 10.2. The van der Waals surface area contributed by atoms with Crippen molar-refractivity contribution >= 4 is 18.0 Å². The quantitative estimate of drug-likeness (QED) is 0.637. The molecule has 0 saturated heterocycles. The van der Waals surface area contributed by atoms with E-state index >= 15 is 0 Å². The maximum Gasteiger partial charge on any atom is 0.307 e. The zero-order valence-corrected chi connectivity index (χ0v) is 9.98. The van der Waals surface area contributed by atoms with Crippen LogP contribution in [-0.2, 0) is 14.3 Å². The summed E-state index contributed by atoms with van der Waals surface area (Å²) < 4.78 is 17.0. The molecule has 0 atom stereocenters. The van der Waals surface area contributed by atoms with Gasteiger partial charge in [-0.3, -0.25) is 9.59 Å². The van der Waals surface area contributed by atoms with E-state index in [2.05, 4.69) is 10.1 Å². The van der Waals surface area contributed by atoms with Crippen molar-refractivity contribution in [1.82, 2.24) is 5.32 Å². The van der Waals surface area contributed by atoms with Gasteiger partial charge >= 0.3 is 5.97 Å². The summed E-state index contributed by atoms with van der Waals surface area (Å²) in [5, 5.41) is 2.53. The number of amides is 1. The van der Waals surface area contributed by atoms with Crippen LogP contribution in [0.4, 0.5) is 4.39 Å². The van der Waals surface area contributed by atoms with Gasteiger partial charge < -0.3 is 10.1 Å². The molecule has 1 rings (SSSR count). The van der Waals surface area contributed by atoms with Gasteiger partial charge in [0.2, 0.25) is 5.91 Å². The number of carbonyl (C=O) groups is 2. The number of ether oxygens (including phenoxy) is 1. The Hall–Kier alpha value is -2.17. The highest BCUT2D eigenvalue weighted by Crippen LogP contribution is 2.04. The van der Waals surface area contributed by atoms with Gasteiger partial charge in [-0.15, -0.1) is 0 Å². The normalized spacial score (nSPS) is 10.3. The summed E-state index contributed by atoms with van der Waals surface area (Å²) >= 11 is 0. The summed E-state index contributed by atoms with van der Waals surface area (Å²) in [5.41, 5.74) is 0.722. The summed E-state index contributed by atoms with van der Waals surface area (Å²) in [5.74, 6) is -1.02. The molecular weight excluding hydrogens is 237 g/mol. The van der Waals surface area contributed by atoms with Crippen LogP contribution in [-0.4, -0.2) is 25.5 Å². The largest absolute Gasteiger partial charge is 0.469 e. The van der Waals surface area contributed by atoms with Crippen LogP contribution in [0.1, 0.15) is 12.0 Å². The van der Waals surface area contributed by atoms with Gasteiger partial charge in [0, 0.05) is 12.6 Å². The number of methoxy groups -OCH3 is 1. The van der Waals surface area contributed by atoms with E-state index in [-0.39, 0.29) is 30.7 Å². The Morgan fingerprint density at radius 3 is 2.61 bits per heavy atom. The first-order valence-corrected chi connectivity index (χ1v) is 5.40. The van der Waals surface area contributed by atoms with Gasteiger partial charge in [-0.2, -0.15) is 0 Å². The number of carbonyl (C=O) groups excluding carboxylic acids is 2. The Morgan fingerprint density at radius 1 is 1.33 bits per heavy atom. The fourth-order valence-electron chi connectivity index (χ4n) is 1.19. The van der Waals surface area contributed by atoms with Crippen LogP contribution in [0.25, 0.3) is 6.08 Å². The Kier molecular flexibility index (Phi) is 5.57. The molecule has 0 aromatic heterocycles. The molecule has 1 aromatic rings. The predicted molar refractivity (Wildman–Crippen MR) is 65.1 cm³/mol. The van der Waals surface area contributed by atoms with E-state index in [1.54, 1.807) is 18.2 Å². The van der Waals surface area contributed by atoms with Gasteiger partial charge in [0.05, 0.1) is 13.5 Å². The van der Waals surface area contributed by atoms with Crippen molar-refractivity contribution in [3.05, 3.63) is 41.7 Å². The second-order valence-electron chi connectivity index (χ2n) is 3.50. The molecule has 0 heterocycles. The molecule has 96 valence electrons. The highest BCUT2D eigenvalue weighted by atomic mass is 19.1. The third-order valence-electron chi connectivity index (χ3n) is 2.15. The second-order valence-corrected chi connectivity index (χ2v) is 3.50. The molecule has 1 amide bonds. The number of benzene rings is 1. The molecule has 0 radical (unpaired) electrons. The lowest BCUT2D eigenvalue weighted by molar-refractivity contribution is -0.140. The molecule has 18 heavy (non-hydrogen) atoms. The summed E-state index contributed by atoms with van der Waals surface area (Å²) in [4.78, 5) is 22.1. The average molecular weight is 251 g/mol. The zero-order chi connectivity index (χ0) is 13.4. The van der Waals surface area contributed by atoms with Gasteiger partial charge in [0.1, 0.15) is 5.82 Å². The first kappa shape index (κ1) is 13.9. The molecule has 1 N–H and O–H groups in total. The maximum absolute atomic E-state index is 12.6. The first-order chi connectivity index (χ1) is 8.61. The van der Waals surface area contributed by atoms with E-state index in [1.165, 1.54) is 25.3 Å². The van der Waals surface area contributed by atoms with Crippen molar-refractivity contribution in [3.63, 3.8) is 0 Å². The number of hydrogen-bond donors (Lipinski definition) is 1. The number of nitrogens with one attached hydrogen (secondary N) is 1. The van der Waals surface area contributed by atoms with E-state index in [1.807, 2.05) is 0 Å². The molecule has 0 aliphatic heterocycles. The first-order valence-electron chi connectivity index (χ1n) is 5.40. The molecule has 1 aromatic carbocycles. The minimum Gasteiger partial charge on any atom is -0.469 e. The van der Waals surface area contributed by atoms with Crippen LogP contribution in [0.5, 0.6) is 0 Å². The molecule has 5 heteroatoms. The second kappa shape index (κ2) is 7.21. The van der Waals surface area contributed by atoms with E-state index in [0.29, 0.717) is 0 Å². The maximum atomic E-state index is 12.6. The van der Waals surface area contributed by atoms with Crippen LogP contribution >= 0.6 is 0 Å². The molecule has 0 saturated carbocycles. The monoisotopic (exact) mass is 251 g/mol. The van der Waals surface area contributed by atoms with Crippen LogP contribution in [0, 0.1) is 5.82 Å². The number of esters is 1. The minimum atomic E-state index is -0.377.